The van der Waals surface area contributed by atoms with Crippen LogP contribution in [0.3, 0.4) is 0 Å². The van der Waals surface area contributed by atoms with Gasteiger partial charge in [-0.05, 0) is 17.7 Å². The third-order valence-corrected chi connectivity index (χ3v) is 1.76. The molecule has 0 heterocycles. The van der Waals surface area contributed by atoms with Crippen molar-refractivity contribution in [2.75, 3.05) is 6.61 Å². The molecule has 0 radical (unpaired) electrons. The summed E-state index contributed by atoms with van der Waals surface area (Å²) in [5, 5.41) is 0. The van der Waals surface area contributed by atoms with Gasteiger partial charge >= 0.3 is 0 Å². The number of nitrogens with two attached hydrogens (primary N) is 1. The molecule has 1 aromatic carbocycles. The molecule has 0 aliphatic heterocycles. The second-order valence-electron chi connectivity index (χ2n) is 2.79. The van der Waals surface area contributed by atoms with Gasteiger partial charge in [-0.1, -0.05) is 19.1 Å². The molecule has 0 spiro atoms. The van der Waals surface area contributed by atoms with Crippen molar-refractivity contribution >= 4 is 0 Å². The lowest BCUT2D eigenvalue weighted by Gasteiger charge is -2.09. The van der Waals surface area contributed by atoms with Crippen LogP contribution in [0.15, 0.2) is 24.3 Å². The first-order valence-corrected chi connectivity index (χ1v) is 3.81. The average molecular weight is 169 g/mol. The summed E-state index contributed by atoms with van der Waals surface area (Å²) >= 11 is 0. The predicted molar refractivity (Wildman–Crippen MR) is 45.0 cm³/mol. The molecule has 2 N–H and O–H groups in total. The zero-order valence-electron chi connectivity index (χ0n) is 6.96. The Kier molecular flexibility index (Phi) is 3.19. The van der Waals surface area contributed by atoms with E-state index in [0.717, 1.165) is 5.56 Å². The second-order valence-corrected chi connectivity index (χ2v) is 2.79. The number of benzene rings is 1. The standard InChI is InChI=1S/C9H12FNO/c1-7(6-12-11)8-3-2-4-9(10)5-8/h2-5,7H,6,11H2,1H3. The molecular weight excluding hydrogens is 157 g/mol. The first kappa shape index (κ1) is 9.16. The molecule has 0 saturated carbocycles. The lowest BCUT2D eigenvalue weighted by atomic mass is 10.0. The lowest BCUT2D eigenvalue weighted by Crippen LogP contribution is -2.08. The number of halogens is 1. The fraction of sp³-hybridized carbons (Fsp3) is 0.333. The largest absolute Gasteiger partial charge is 0.304 e. The van der Waals surface area contributed by atoms with Crippen LogP contribution in [0.5, 0.6) is 0 Å². The molecule has 1 rings (SSSR count). The van der Waals surface area contributed by atoms with E-state index in [9.17, 15) is 4.39 Å². The first-order chi connectivity index (χ1) is 5.74. The summed E-state index contributed by atoms with van der Waals surface area (Å²) in [5.74, 6) is 4.82. The van der Waals surface area contributed by atoms with Gasteiger partial charge in [0.05, 0.1) is 6.61 Å². The highest BCUT2D eigenvalue weighted by molar-refractivity contribution is 5.19. The highest BCUT2D eigenvalue weighted by Gasteiger charge is 2.05. The number of hydrogen-bond donors (Lipinski definition) is 1. The Labute approximate surface area is 71.1 Å². The zero-order chi connectivity index (χ0) is 8.97. The smallest absolute Gasteiger partial charge is 0.123 e. The van der Waals surface area contributed by atoms with Crippen molar-refractivity contribution in [3.63, 3.8) is 0 Å². The van der Waals surface area contributed by atoms with Gasteiger partial charge in [-0.15, -0.1) is 0 Å². The second kappa shape index (κ2) is 4.18. The van der Waals surface area contributed by atoms with Crippen LogP contribution < -0.4 is 5.90 Å². The van der Waals surface area contributed by atoms with Crippen molar-refractivity contribution < 1.29 is 9.23 Å². The summed E-state index contributed by atoms with van der Waals surface area (Å²) in [5.41, 5.74) is 0.903. The quantitative estimate of drug-likeness (QED) is 0.700. The van der Waals surface area contributed by atoms with Crippen LogP contribution in [0, 0.1) is 5.82 Å². The minimum Gasteiger partial charge on any atom is -0.304 e. The van der Waals surface area contributed by atoms with Crippen LogP contribution in [-0.2, 0) is 4.84 Å². The third-order valence-electron chi connectivity index (χ3n) is 1.76. The van der Waals surface area contributed by atoms with E-state index in [1.165, 1.54) is 12.1 Å². The maximum absolute atomic E-state index is 12.7. The zero-order valence-corrected chi connectivity index (χ0v) is 6.96. The van der Waals surface area contributed by atoms with E-state index in [1.54, 1.807) is 6.07 Å². The molecule has 0 saturated heterocycles. The van der Waals surface area contributed by atoms with Crippen molar-refractivity contribution in [1.82, 2.24) is 0 Å². The van der Waals surface area contributed by atoms with Crippen LogP contribution in [-0.4, -0.2) is 6.61 Å². The molecular formula is C9H12FNO. The number of hydrogen-bond acceptors (Lipinski definition) is 2. The molecule has 0 aromatic heterocycles. The maximum atomic E-state index is 12.7. The average Bonchev–Trinajstić information content (AvgIpc) is 2.05. The van der Waals surface area contributed by atoms with Crippen LogP contribution >= 0.6 is 0 Å². The van der Waals surface area contributed by atoms with E-state index >= 15 is 0 Å². The van der Waals surface area contributed by atoms with Crippen LogP contribution in [0.25, 0.3) is 0 Å². The van der Waals surface area contributed by atoms with Crippen LogP contribution in [0.2, 0.25) is 0 Å². The van der Waals surface area contributed by atoms with Gasteiger partial charge in [-0.3, -0.25) is 0 Å². The van der Waals surface area contributed by atoms with E-state index in [0.29, 0.717) is 6.61 Å². The highest BCUT2D eigenvalue weighted by Crippen LogP contribution is 2.15. The van der Waals surface area contributed by atoms with Crippen molar-refractivity contribution in [3.05, 3.63) is 35.6 Å². The predicted octanol–water partition coefficient (Wildman–Crippen LogP) is 1.82. The third kappa shape index (κ3) is 2.29. The molecule has 0 aliphatic rings. The topological polar surface area (TPSA) is 35.2 Å². The van der Waals surface area contributed by atoms with Gasteiger partial charge in [0.2, 0.25) is 0 Å². The Morgan fingerprint density at radius 2 is 2.33 bits per heavy atom. The Morgan fingerprint density at radius 3 is 2.92 bits per heavy atom. The summed E-state index contributed by atoms with van der Waals surface area (Å²) in [6.45, 7) is 2.34. The Morgan fingerprint density at radius 1 is 1.58 bits per heavy atom. The summed E-state index contributed by atoms with van der Waals surface area (Å²) in [7, 11) is 0. The van der Waals surface area contributed by atoms with Gasteiger partial charge < -0.3 is 4.84 Å². The number of rotatable bonds is 3. The van der Waals surface area contributed by atoms with Gasteiger partial charge in [0.25, 0.3) is 0 Å². The van der Waals surface area contributed by atoms with Crippen LogP contribution in [0.1, 0.15) is 18.4 Å². The molecule has 2 nitrogen and oxygen atoms in total. The molecule has 12 heavy (non-hydrogen) atoms. The van der Waals surface area contributed by atoms with Crippen LogP contribution in [0.4, 0.5) is 4.39 Å². The fourth-order valence-corrected chi connectivity index (χ4v) is 1.05. The summed E-state index contributed by atoms with van der Waals surface area (Å²) in [6.07, 6.45) is 0. The molecule has 0 aliphatic carbocycles. The first-order valence-electron chi connectivity index (χ1n) is 3.81. The Balaban J connectivity index is 2.73. The monoisotopic (exact) mass is 169 g/mol. The van der Waals surface area contributed by atoms with Crippen molar-refractivity contribution in [1.29, 1.82) is 0 Å². The molecule has 0 fully saturated rings. The fourth-order valence-electron chi connectivity index (χ4n) is 1.05. The minimum atomic E-state index is -0.226. The Bertz CT molecular complexity index is 252. The Hall–Kier alpha value is -0.930. The highest BCUT2D eigenvalue weighted by atomic mass is 19.1. The van der Waals surface area contributed by atoms with E-state index in [4.69, 9.17) is 5.90 Å². The lowest BCUT2D eigenvalue weighted by molar-refractivity contribution is 0.126. The van der Waals surface area contributed by atoms with Crippen molar-refractivity contribution in [3.8, 4) is 0 Å². The molecule has 1 atom stereocenters. The van der Waals surface area contributed by atoms with Gasteiger partial charge in [0, 0.05) is 5.92 Å². The maximum Gasteiger partial charge on any atom is 0.123 e. The molecule has 1 aromatic rings. The van der Waals surface area contributed by atoms with Gasteiger partial charge in [-0.2, -0.15) is 0 Å². The molecule has 0 bridgehead atoms. The van der Waals surface area contributed by atoms with Crippen molar-refractivity contribution in [2.24, 2.45) is 5.90 Å². The van der Waals surface area contributed by atoms with Gasteiger partial charge in [0.1, 0.15) is 5.82 Å². The summed E-state index contributed by atoms with van der Waals surface area (Å²) in [4.78, 5) is 4.48. The van der Waals surface area contributed by atoms with Gasteiger partial charge in [-0.25, -0.2) is 10.3 Å². The molecule has 1 unspecified atom stereocenters. The normalized spacial score (nSPS) is 12.9. The van der Waals surface area contributed by atoms with E-state index in [-0.39, 0.29) is 11.7 Å². The minimum absolute atomic E-state index is 0.130. The summed E-state index contributed by atoms with van der Waals surface area (Å²) < 4.78 is 12.7. The van der Waals surface area contributed by atoms with E-state index in [2.05, 4.69) is 4.84 Å². The summed E-state index contributed by atoms with van der Waals surface area (Å²) in [6, 6.07) is 6.44. The molecule has 0 amide bonds. The van der Waals surface area contributed by atoms with E-state index < -0.39 is 0 Å². The van der Waals surface area contributed by atoms with E-state index in [1.807, 2.05) is 13.0 Å². The van der Waals surface area contributed by atoms with Gasteiger partial charge in [0.15, 0.2) is 0 Å². The molecule has 66 valence electrons. The molecule has 3 heteroatoms. The SMILES string of the molecule is CC(CON)c1cccc(F)c1. The van der Waals surface area contributed by atoms with Crippen molar-refractivity contribution in [2.45, 2.75) is 12.8 Å².